The van der Waals surface area contributed by atoms with Crippen molar-refractivity contribution in [2.24, 2.45) is 0 Å². The molecule has 2 aromatic carbocycles. The van der Waals surface area contributed by atoms with E-state index in [4.69, 9.17) is 4.42 Å². The first-order valence-corrected chi connectivity index (χ1v) is 8.30. The molecule has 1 aromatic heterocycles. The van der Waals surface area contributed by atoms with Crippen LogP contribution >= 0.6 is 0 Å². The van der Waals surface area contributed by atoms with E-state index in [2.05, 4.69) is 61.3 Å². The number of nitrogens with zero attached hydrogens (tertiary/aromatic N) is 2. The Labute approximate surface area is 143 Å². The maximum atomic E-state index is 5.81. The molecule has 3 heteroatoms. The minimum atomic E-state index is 0.0869. The molecule has 1 heterocycles. The fourth-order valence-corrected chi connectivity index (χ4v) is 2.72. The minimum absolute atomic E-state index is 0.0869. The second-order valence-corrected chi connectivity index (χ2v) is 6.23. The first-order chi connectivity index (χ1) is 11.6. The van der Waals surface area contributed by atoms with Crippen molar-refractivity contribution in [1.82, 2.24) is 10.2 Å². The van der Waals surface area contributed by atoms with Crippen LogP contribution < -0.4 is 0 Å². The summed E-state index contributed by atoms with van der Waals surface area (Å²) in [5.41, 5.74) is 3.66. The number of hydrogen-bond donors (Lipinski definition) is 0. The Kier molecular flexibility index (Phi) is 4.90. The van der Waals surface area contributed by atoms with E-state index in [0.29, 0.717) is 17.7 Å². The fourth-order valence-electron chi connectivity index (χ4n) is 2.72. The van der Waals surface area contributed by atoms with E-state index >= 15 is 0 Å². The first-order valence-electron chi connectivity index (χ1n) is 8.30. The van der Waals surface area contributed by atoms with Crippen molar-refractivity contribution in [2.75, 3.05) is 0 Å². The lowest BCUT2D eigenvalue weighted by molar-refractivity contribution is 0.472. The molecule has 0 aliphatic heterocycles. The number of rotatable bonds is 5. The summed E-state index contributed by atoms with van der Waals surface area (Å²) in [5.74, 6) is 1.73. The maximum absolute atomic E-state index is 5.81. The summed E-state index contributed by atoms with van der Waals surface area (Å²) < 4.78 is 5.81. The molecule has 1 atom stereocenters. The summed E-state index contributed by atoms with van der Waals surface area (Å²) in [7, 11) is 0. The third-order valence-corrected chi connectivity index (χ3v) is 4.15. The predicted octanol–water partition coefficient (Wildman–Crippen LogP) is 5.52. The van der Waals surface area contributed by atoms with Crippen molar-refractivity contribution < 1.29 is 4.42 Å². The molecule has 0 bridgehead atoms. The van der Waals surface area contributed by atoms with Gasteiger partial charge in [-0.05, 0) is 35.6 Å². The van der Waals surface area contributed by atoms with Gasteiger partial charge in [0.1, 0.15) is 0 Å². The molecule has 0 aliphatic carbocycles. The van der Waals surface area contributed by atoms with E-state index in [0.717, 1.165) is 0 Å². The molecule has 0 saturated heterocycles. The zero-order valence-electron chi connectivity index (χ0n) is 14.3. The third-order valence-electron chi connectivity index (χ3n) is 4.15. The zero-order valence-corrected chi connectivity index (χ0v) is 14.3. The number of benzene rings is 2. The molecule has 3 aromatic rings. The van der Waals surface area contributed by atoms with E-state index in [1.807, 2.05) is 36.4 Å². The Bertz CT molecular complexity index is 819. The standard InChI is InChI=1S/C21H22N2O/c1-15(2)19-12-8-7-11-18(19)13-14-20-22-23-21(24-20)16(3)17-9-5-4-6-10-17/h4-16H,1-3H3/b14-13+. The molecule has 3 rings (SSSR count). The molecule has 0 saturated carbocycles. The highest BCUT2D eigenvalue weighted by Gasteiger charge is 2.14. The highest BCUT2D eigenvalue weighted by molar-refractivity contribution is 5.68. The topological polar surface area (TPSA) is 38.9 Å². The summed E-state index contributed by atoms with van der Waals surface area (Å²) in [6.45, 7) is 6.46. The van der Waals surface area contributed by atoms with Crippen LogP contribution in [0.3, 0.4) is 0 Å². The second-order valence-electron chi connectivity index (χ2n) is 6.23. The molecular weight excluding hydrogens is 296 g/mol. The second kappa shape index (κ2) is 7.26. The van der Waals surface area contributed by atoms with Crippen LogP contribution in [0.4, 0.5) is 0 Å². The van der Waals surface area contributed by atoms with Gasteiger partial charge < -0.3 is 4.42 Å². The quantitative estimate of drug-likeness (QED) is 0.622. The van der Waals surface area contributed by atoms with Gasteiger partial charge in [-0.15, -0.1) is 10.2 Å². The van der Waals surface area contributed by atoms with Gasteiger partial charge in [-0.25, -0.2) is 0 Å². The predicted molar refractivity (Wildman–Crippen MR) is 97.7 cm³/mol. The van der Waals surface area contributed by atoms with Gasteiger partial charge in [-0.1, -0.05) is 68.4 Å². The molecule has 0 spiro atoms. The van der Waals surface area contributed by atoms with Gasteiger partial charge in [0.05, 0.1) is 5.92 Å². The van der Waals surface area contributed by atoms with Crippen molar-refractivity contribution in [3.05, 3.63) is 83.1 Å². The van der Waals surface area contributed by atoms with Crippen LogP contribution in [-0.2, 0) is 0 Å². The van der Waals surface area contributed by atoms with Crippen LogP contribution in [0.25, 0.3) is 12.2 Å². The highest BCUT2D eigenvalue weighted by Crippen LogP contribution is 2.24. The molecule has 0 amide bonds. The van der Waals surface area contributed by atoms with E-state index < -0.39 is 0 Å². The van der Waals surface area contributed by atoms with Gasteiger partial charge in [0, 0.05) is 6.08 Å². The summed E-state index contributed by atoms with van der Waals surface area (Å²) in [6.07, 6.45) is 3.93. The Hall–Kier alpha value is -2.68. The van der Waals surface area contributed by atoms with Crippen LogP contribution in [0.5, 0.6) is 0 Å². The molecule has 0 N–H and O–H groups in total. The van der Waals surface area contributed by atoms with Gasteiger partial charge in [0.2, 0.25) is 11.8 Å². The SMILES string of the molecule is CC(C)c1ccccc1/C=C/c1nnc(C(C)c2ccccc2)o1. The van der Waals surface area contributed by atoms with Crippen molar-refractivity contribution in [3.63, 3.8) is 0 Å². The Morgan fingerprint density at radius 2 is 1.54 bits per heavy atom. The Morgan fingerprint density at radius 1 is 0.833 bits per heavy atom. The normalized spacial score (nSPS) is 12.8. The van der Waals surface area contributed by atoms with Crippen LogP contribution in [0.1, 0.15) is 61.1 Å². The van der Waals surface area contributed by atoms with Crippen LogP contribution in [0, 0.1) is 0 Å². The van der Waals surface area contributed by atoms with Crippen LogP contribution in [0.15, 0.2) is 59.0 Å². The molecule has 0 radical (unpaired) electrons. The summed E-state index contributed by atoms with van der Waals surface area (Å²) in [5, 5.41) is 8.34. The Morgan fingerprint density at radius 3 is 2.29 bits per heavy atom. The van der Waals surface area contributed by atoms with Crippen molar-refractivity contribution in [2.45, 2.75) is 32.6 Å². The highest BCUT2D eigenvalue weighted by atomic mass is 16.4. The van der Waals surface area contributed by atoms with Crippen molar-refractivity contribution in [3.8, 4) is 0 Å². The molecule has 0 aliphatic rings. The lowest BCUT2D eigenvalue weighted by atomic mass is 9.97. The third kappa shape index (κ3) is 3.62. The summed E-state index contributed by atoms with van der Waals surface area (Å²) >= 11 is 0. The summed E-state index contributed by atoms with van der Waals surface area (Å²) in [6, 6.07) is 18.6. The van der Waals surface area contributed by atoms with E-state index in [9.17, 15) is 0 Å². The number of aromatic nitrogens is 2. The minimum Gasteiger partial charge on any atom is -0.421 e. The first kappa shape index (κ1) is 16.2. The van der Waals surface area contributed by atoms with E-state index in [1.54, 1.807) is 0 Å². The van der Waals surface area contributed by atoms with Crippen molar-refractivity contribution in [1.29, 1.82) is 0 Å². The van der Waals surface area contributed by atoms with Gasteiger partial charge >= 0.3 is 0 Å². The average molecular weight is 318 g/mol. The molecular formula is C21H22N2O. The largest absolute Gasteiger partial charge is 0.421 e. The maximum Gasteiger partial charge on any atom is 0.240 e. The van der Waals surface area contributed by atoms with Gasteiger partial charge in [0.25, 0.3) is 0 Å². The monoisotopic (exact) mass is 318 g/mol. The lowest BCUT2D eigenvalue weighted by Gasteiger charge is -2.08. The molecule has 0 fully saturated rings. The fraction of sp³-hybridized carbons (Fsp3) is 0.238. The smallest absolute Gasteiger partial charge is 0.240 e. The van der Waals surface area contributed by atoms with Crippen LogP contribution in [-0.4, -0.2) is 10.2 Å². The zero-order chi connectivity index (χ0) is 16.9. The average Bonchev–Trinajstić information content (AvgIpc) is 3.09. The number of hydrogen-bond acceptors (Lipinski definition) is 3. The van der Waals surface area contributed by atoms with Gasteiger partial charge in [-0.3, -0.25) is 0 Å². The molecule has 1 unspecified atom stereocenters. The van der Waals surface area contributed by atoms with Crippen molar-refractivity contribution >= 4 is 12.2 Å². The lowest BCUT2D eigenvalue weighted by Crippen LogP contribution is -1.95. The van der Waals surface area contributed by atoms with E-state index in [-0.39, 0.29) is 5.92 Å². The van der Waals surface area contributed by atoms with Gasteiger partial charge in [0.15, 0.2) is 0 Å². The molecule has 3 nitrogen and oxygen atoms in total. The summed E-state index contributed by atoms with van der Waals surface area (Å²) in [4.78, 5) is 0. The Balaban J connectivity index is 1.80. The molecule has 24 heavy (non-hydrogen) atoms. The van der Waals surface area contributed by atoms with E-state index in [1.165, 1.54) is 16.7 Å². The van der Waals surface area contributed by atoms with Gasteiger partial charge in [-0.2, -0.15) is 0 Å². The molecule has 122 valence electrons. The van der Waals surface area contributed by atoms with Crippen LogP contribution in [0.2, 0.25) is 0 Å².